The number of carbonyl (C=O) groups excluding carboxylic acids is 1. The minimum Gasteiger partial charge on any atom is -0.393 e. The molecule has 3 atom stereocenters. The monoisotopic (exact) mass is 324 g/mol. The number of benzene rings is 1. The second-order valence-corrected chi connectivity index (χ2v) is 6.49. The standard InChI is InChI=1S/C17H25ClN2O2/c1-3-16(13-6-8-15(18)9-7-13)19-17(22)20-10-4-5-14(11-20)12(2)21/h6-9,12,14,16,21H,3-5,10-11H2,1-2H3,(H,19,22). The van der Waals surface area contributed by atoms with Crippen LogP contribution in [0.1, 0.15) is 44.7 Å². The molecule has 0 bridgehead atoms. The van der Waals surface area contributed by atoms with Gasteiger partial charge in [-0.05, 0) is 43.9 Å². The molecule has 22 heavy (non-hydrogen) atoms. The van der Waals surface area contributed by atoms with Crippen LogP contribution in [-0.2, 0) is 0 Å². The van der Waals surface area contributed by atoms with Crippen LogP contribution in [0.3, 0.4) is 0 Å². The van der Waals surface area contributed by atoms with Crippen molar-refractivity contribution in [2.45, 2.75) is 45.3 Å². The molecule has 2 amide bonds. The van der Waals surface area contributed by atoms with Gasteiger partial charge < -0.3 is 15.3 Å². The molecule has 0 radical (unpaired) electrons. The van der Waals surface area contributed by atoms with Crippen LogP contribution < -0.4 is 5.32 Å². The Morgan fingerprint density at radius 3 is 2.73 bits per heavy atom. The minimum atomic E-state index is -0.367. The largest absolute Gasteiger partial charge is 0.393 e. The third-order valence-corrected chi connectivity index (χ3v) is 4.66. The Morgan fingerprint density at radius 2 is 2.14 bits per heavy atom. The Labute approximate surface area is 137 Å². The minimum absolute atomic E-state index is 0.0170. The van der Waals surface area contributed by atoms with Crippen molar-refractivity contribution in [2.75, 3.05) is 13.1 Å². The van der Waals surface area contributed by atoms with Crippen LogP contribution in [0, 0.1) is 5.92 Å². The molecule has 0 aromatic heterocycles. The number of rotatable bonds is 4. The lowest BCUT2D eigenvalue weighted by Gasteiger charge is -2.35. The van der Waals surface area contributed by atoms with Crippen LogP contribution in [0.25, 0.3) is 0 Å². The first-order valence-corrected chi connectivity index (χ1v) is 8.38. The van der Waals surface area contributed by atoms with Gasteiger partial charge in [-0.25, -0.2) is 4.79 Å². The molecule has 1 saturated heterocycles. The number of likely N-dealkylation sites (tertiary alicyclic amines) is 1. The molecule has 1 aromatic rings. The van der Waals surface area contributed by atoms with Crippen molar-refractivity contribution in [1.29, 1.82) is 0 Å². The van der Waals surface area contributed by atoms with Crippen molar-refractivity contribution in [1.82, 2.24) is 10.2 Å². The van der Waals surface area contributed by atoms with Gasteiger partial charge in [0.15, 0.2) is 0 Å². The third-order valence-electron chi connectivity index (χ3n) is 4.41. The van der Waals surface area contributed by atoms with Gasteiger partial charge in [-0.15, -0.1) is 0 Å². The smallest absolute Gasteiger partial charge is 0.317 e. The summed E-state index contributed by atoms with van der Waals surface area (Å²) in [5.74, 6) is 0.176. The van der Waals surface area contributed by atoms with E-state index in [1.807, 2.05) is 36.1 Å². The van der Waals surface area contributed by atoms with E-state index in [1.165, 1.54) is 0 Å². The van der Waals surface area contributed by atoms with Gasteiger partial charge in [0.2, 0.25) is 0 Å². The van der Waals surface area contributed by atoms with Crippen molar-refractivity contribution >= 4 is 17.6 Å². The maximum absolute atomic E-state index is 12.5. The summed E-state index contributed by atoms with van der Waals surface area (Å²) >= 11 is 5.91. The highest BCUT2D eigenvalue weighted by Crippen LogP contribution is 2.22. The molecular weight excluding hydrogens is 300 g/mol. The van der Waals surface area contributed by atoms with Crippen LogP contribution in [-0.4, -0.2) is 35.2 Å². The molecular formula is C17H25ClN2O2. The van der Waals surface area contributed by atoms with E-state index in [0.717, 1.165) is 31.4 Å². The number of hydrogen-bond donors (Lipinski definition) is 2. The highest BCUT2D eigenvalue weighted by Gasteiger charge is 2.27. The first-order chi connectivity index (χ1) is 10.5. The topological polar surface area (TPSA) is 52.6 Å². The molecule has 1 aliphatic heterocycles. The number of hydrogen-bond acceptors (Lipinski definition) is 2. The Hall–Kier alpha value is -1.26. The van der Waals surface area contributed by atoms with Gasteiger partial charge in [0.05, 0.1) is 12.1 Å². The van der Waals surface area contributed by atoms with Crippen molar-refractivity contribution in [2.24, 2.45) is 5.92 Å². The van der Waals surface area contributed by atoms with Crippen LogP contribution in [0.4, 0.5) is 4.79 Å². The SMILES string of the molecule is CCC(NC(=O)N1CCCC(C(C)O)C1)c1ccc(Cl)cc1. The van der Waals surface area contributed by atoms with Crippen LogP contribution in [0.15, 0.2) is 24.3 Å². The molecule has 2 rings (SSSR count). The fourth-order valence-corrected chi connectivity index (χ4v) is 3.07. The summed E-state index contributed by atoms with van der Waals surface area (Å²) < 4.78 is 0. The van der Waals surface area contributed by atoms with Gasteiger partial charge >= 0.3 is 6.03 Å². The zero-order valence-corrected chi connectivity index (χ0v) is 14.0. The number of nitrogens with zero attached hydrogens (tertiary/aromatic N) is 1. The van der Waals surface area contributed by atoms with Crippen molar-refractivity contribution < 1.29 is 9.90 Å². The number of urea groups is 1. The second-order valence-electron chi connectivity index (χ2n) is 6.05. The number of amides is 2. The van der Waals surface area contributed by atoms with Crippen molar-refractivity contribution in [3.8, 4) is 0 Å². The van der Waals surface area contributed by atoms with Gasteiger partial charge in [0.1, 0.15) is 0 Å². The van der Waals surface area contributed by atoms with E-state index < -0.39 is 0 Å². The fraction of sp³-hybridized carbons (Fsp3) is 0.588. The number of piperidine rings is 1. The van der Waals surface area contributed by atoms with Gasteiger partial charge in [-0.1, -0.05) is 30.7 Å². The average Bonchev–Trinajstić information content (AvgIpc) is 2.53. The molecule has 1 fully saturated rings. The normalized spacial score (nSPS) is 21.3. The summed E-state index contributed by atoms with van der Waals surface area (Å²) in [5, 5.41) is 13.5. The lowest BCUT2D eigenvalue weighted by atomic mass is 9.93. The zero-order chi connectivity index (χ0) is 16.1. The Kier molecular flexibility index (Phi) is 6.09. The van der Waals surface area contributed by atoms with Crippen molar-refractivity contribution in [3.05, 3.63) is 34.9 Å². The van der Waals surface area contributed by atoms with Crippen LogP contribution in [0.2, 0.25) is 5.02 Å². The Balaban J connectivity index is 1.98. The number of halogens is 1. The zero-order valence-electron chi connectivity index (χ0n) is 13.3. The Morgan fingerprint density at radius 1 is 1.45 bits per heavy atom. The predicted octanol–water partition coefficient (Wildman–Crippen LogP) is 3.59. The highest BCUT2D eigenvalue weighted by molar-refractivity contribution is 6.30. The van der Waals surface area contributed by atoms with E-state index in [-0.39, 0.29) is 24.1 Å². The number of aliphatic hydroxyl groups excluding tert-OH is 1. The molecule has 1 aromatic carbocycles. The van der Waals surface area contributed by atoms with Gasteiger partial charge in [-0.2, -0.15) is 0 Å². The lowest BCUT2D eigenvalue weighted by molar-refractivity contribution is 0.0732. The summed E-state index contributed by atoms with van der Waals surface area (Å²) in [6, 6.07) is 7.52. The molecule has 0 spiro atoms. The molecule has 1 heterocycles. The third kappa shape index (κ3) is 4.37. The van der Waals surface area contributed by atoms with Crippen LogP contribution >= 0.6 is 11.6 Å². The lowest BCUT2D eigenvalue weighted by Crippen LogP contribution is -2.48. The molecule has 1 aliphatic rings. The molecule has 2 N–H and O–H groups in total. The Bertz CT molecular complexity index is 490. The maximum atomic E-state index is 12.5. The average molecular weight is 325 g/mol. The second kappa shape index (κ2) is 7.84. The summed E-state index contributed by atoms with van der Waals surface area (Å²) in [6.07, 6.45) is 2.38. The highest BCUT2D eigenvalue weighted by atomic mass is 35.5. The molecule has 0 saturated carbocycles. The summed E-state index contributed by atoms with van der Waals surface area (Å²) in [6.45, 7) is 5.23. The van der Waals surface area contributed by atoms with Gasteiger partial charge in [-0.3, -0.25) is 0 Å². The molecule has 0 aliphatic carbocycles. The first kappa shape index (κ1) is 17.1. The molecule has 5 heteroatoms. The quantitative estimate of drug-likeness (QED) is 0.889. The number of carbonyl (C=O) groups is 1. The van der Waals surface area contributed by atoms with E-state index in [1.54, 1.807) is 6.92 Å². The van der Waals surface area contributed by atoms with Crippen molar-refractivity contribution in [3.63, 3.8) is 0 Å². The maximum Gasteiger partial charge on any atom is 0.317 e. The van der Waals surface area contributed by atoms with E-state index >= 15 is 0 Å². The fourth-order valence-electron chi connectivity index (χ4n) is 2.94. The molecule has 122 valence electrons. The number of aliphatic hydroxyl groups is 1. The number of nitrogens with one attached hydrogen (secondary N) is 1. The molecule has 4 nitrogen and oxygen atoms in total. The first-order valence-electron chi connectivity index (χ1n) is 8.00. The van der Waals surface area contributed by atoms with E-state index in [9.17, 15) is 9.90 Å². The van der Waals surface area contributed by atoms with E-state index in [0.29, 0.717) is 11.6 Å². The summed E-state index contributed by atoms with van der Waals surface area (Å²) in [4.78, 5) is 14.3. The molecule has 3 unspecified atom stereocenters. The van der Waals surface area contributed by atoms with Gasteiger partial charge in [0, 0.05) is 24.0 Å². The van der Waals surface area contributed by atoms with Crippen LogP contribution in [0.5, 0.6) is 0 Å². The van der Waals surface area contributed by atoms with E-state index in [4.69, 9.17) is 11.6 Å². The summed E-state index contributed by atoms with van der Waals surface area (Å²) in [7, 11) is 0. The summed E-state index contributed by atoms with van der Waals surface area (Å²) in [5.41, 5.74) is 1.06. The predicted molar refractivity (Wildman–Crippen MR) is 89.0 cm³/mol. The van der Waals surface area contributed by atoms with Gasteiger partial charge in [0.25, 0.3) is 0 Å². The van der Waals surface area contributed by atoms with E-state index in [2.05, 4.69) is 5.32 Å².